The number of methoxy groups -OCH3 is 1. The van der Waals surface area contributed by atoms with Crippen LogP contribution in [0.4, 0.5) is 5.69 Å². The largest absolute Gasteiger partial charge is 0.368 e. The summed E-state index contributed by atoms with van der Waals surface area (Å²) in [5.41, 5.74) is 1.49. The van der Waals surface area contributed by atoms with Crippen LogP contribution in [0, 0.1) is 0 Å². The van der Waals surface area contributed by atoms with Crippen molar-refractivity contribution in [3.05, 3.63) is 29.8 Å². The summed E-state index contributed by atoms with van der Waals surface area (Å²) in [5, 5.41) is 6.27. The van der Waals surface area contributed by atoms with Gasteiger partial charge in [-0.15, -0.1) is 0 Å². The van der Waals surface area contributed by atoms with E-state index in [-0.39, 0.29) is 5.91 Å². The van der Waals surface area contributed by atoms with Crippen molar-refractivity contribution in [3.63, 3.8) is 0 Å². The van der Waals surface area contributed by atoms with E-state index in [1.54, 1.807) is 7.11 Å². The number of benzene rings is 1. The molecule has 1 fully saturated rings. The highest BCUT2D eigenvalue weighted by Gasteiger charge is 2.39. The molecule has 1 aromatic rings. The predicted molar refractivity (Wildman–Crippen MR) is 90.1 cm³/mol. The van der Waals surface area contributed by atoms with Crippen LogP contribution in [0.5, 0.6) is 0 Å². The Balaban J connectivity index is 1.93. The van der Waals surface area contributed by atoms with Crippen LogP contribution in [-0.4, -0.2) is 31.7 Å². The second-order valence-corrected chi connectivity index (χ2v) is 6.06. The van der Waals surface area contributed by atoms with E-state index < -0.39 is 5.60 Å². The Kier molecular flexibility index (Phi) is 6.40. The molecule has 2 rings (SSSR count). The van der Waals surface area contributed by atoms with Crippen LogP contribution in [0.3, 0.4) is 0 Å². The average molecular weight is 304 g/mol. The molecule has 0 radical (unpaired) electrons. The zero-order valence-electron chi connectivity index (χ0n) is 13.8. The first-order valence-electron chi connectivity index (χ1n) is 8.36. The van der Waals surface area contributed by atoms with E-state index in [2.05, 4.69) is 29.7 Å². The van der Waals surface area contributed by atoms with E-state index >= 15 is 0 Å². The Morgan fingerprint density at radius 1 is 1.23 bits per heavy atom. The van der Waals surface area contributed by atoms with Gasteiger partial charge in [-0.3, -0.25) is 4.79 Å². The summed E-state index contributed by atoms with van der Waals surface area (Å²) in [6, 6.07) is 8.19. The van der Waals surface area contributed by atoms with Crippen LogP contribution in [0.25, 0.3) is 0 Å². The normalized spacial score (nSPS) is 17.2. The lowest BCUT2D eigenvalue weighted by atomic mass is 9.91. The summed E-state index contributed by atoms with van der Waals surface area (Å²) >= 11 is 0. The molecule has 1 saturated heterocycles. The molecular formula is C18H28N2O2. The van der Waals surface area contributed by atoms with Crippen molar-refractivity contribution in [2.24, 2.45) is 0 Å². The molecule has 4 heteroatoms. The van der Waals surface area contributed by atoms with Crippen LogP contribution < -0.4 is 10.6 Å². The number of aryl methyl sites for hydroxylation is 1. The molecule has 0 spiro atoms. The molecule has 1 amide bonds. The maximum absolute atomic E-state index is 12.6. The summed E-state index contributed by atoms with van der Waals surface area (Å²) in [6.45, 7) is 3.85. The molecule has 0 bridgehead atoms. The summed E-state index contributed by atoms with van der Waals surface area (Å²) in [6.07, 6.45) is 6.26. The van der Waals surface area contributed by atoms with Crippen molar-refractivity contribution >= 4 is 11.6 Å². The van der Waals surface area contributed by atoms with Gasteiger partial charge in [-0.2, -0.15) is 0 Å². The first-order chi connectivity index (χ1) is 10.7. The molecule has 0 atom stereocenters. The predicted octanol–water partition coefficient (Wildman–Crippen LogP) is 3.13. The van der Waals surface area contributed by atoms with E-state index in [9.17, 15) is 4.79 Å². The minimum atomic E-state index is -0.689. The van der Waals surface area contributed by atoms with Gasteiger partial charge in [-0.05, 0) is 56.5 Å². The fourth-order valence-corrected chi connectivity index (χ4v) is 2.93. The van der Waals surface area contributed by atoms with Crippen LogP contribution >= 0.6 is 0 Å². The van der Waals surface area contributed by atoms with Gasteiger partial charge in [0.15, 0.2) is 0 Å². The Hall–Kier alpha value is -1.39. The molecule has 0 aliphatic carbocycles. The second kappa shape index (κ2) is 8.30. The Morgan fingerprint density at radius 3 is 2.50 bits per heavy atom. The standard InChI is InChI=1S/C18H28N2O2/c1-3-4-5-6-15-7-9-16(10-8-15)20-17(21)18(22-2)11-13-19-14-12-18/h7-10,19H,3-6,11-14H2,1-2H3,(H,20,21). The van der Waals surface area contributed by atoms with Gasteiger partial charge in [0.25, 0.3) is 5.91 Å². The lowest BCUT2D eigenvalue weighted by molar-refractivity contribution is -0.140. The van der Waals surface area contributed by atoms with Crippen molar-refractivity contribution in [1.82, 2.24) is 5.32 Å². The summed E-state index contributed by atoms with van der Waals surface area (Å²) in [5.74, 6) is -0.0322. The first kappa shape index (κ1) is 17.0. The SMILES string of the molecule is CCCCCc1ccc(NC(=O)C2(OC)CCNCC2)cc1. The van der Waals surface area contributed by atoms with Crippen molar-refractivity contribution in [2.75, 3.05) is 25.5 Å². The highest BCUT2D eigenvalue weighted by atomic mass is 16.5. The molecule has 4 nitrogen and oxygen atoms in total. The molecule has 1 heterocycles. The van der Waals surface area contributed by atoms with Crippen LogP contribution in [0.15, 0.2) is 24.3 Å². The third-order valence-electron chi connectivity index (χ3n) is 4.50. The van der Waals surface area contributed by atoms with Gasteiger partial charge in [0.05, 0.1) is 0 Å². The van der Waals surface area contributed by atoms with Crippen molar-refractivity contribution in [1.29, 1.82) is 0 Å². The van der Waals surface area contributed by atoms with Gasteiger partial charge >= 0.3 is 0 Å². The van der Waals surface area contributed by atoms with Gasteiger partial charge in [0, 0.05) is 12.8 Å². The fraction of sp³-hybridized carbons (Fsp3) is 0.611. The maximum Gasteiger partial charge on any atom is 0.256 e. The van der Waals surface area contributed by atoms with Crippen molar-refractivity contribution in [2.45, 2.75) is 51.0 Å². The van der Waals surface area contributed by atoms with Gasteiger partial charge in [0.1, 0.15) is 5.60 Å². The summed E-state index contributed by atoms with van der Waals surface area (Å²) in [7, 11) is 1.63. The number of unbranched alkanes of at least 4 members (excludes halogenated alkanes) is 2. The number of rotatable bonds is 7. The minimum Gasteiger partial charge on any atom is -0.368 e. The number of hydrogen-bond donors (Lipinski definition) is 2. The number of nitrogens with one attached hydrogen (secondary N) is 2. The number of carbonyl (C=O) groups excluding carboxylic acids is 1. The monoisotopic (exact) mass is 304 g/mol. The highest BCUT2D eigenvalue weighted by molar-refractivity contribution is 5.97. The topological polar surface area (TPSA) is 50.4 Å². The molecule has 1 aliphatic rings. The van der Waals surface area contributed by atoms with E-state index in [4.69, 9.17) is 4.74 Å². The number of piperidine rings is 1. The third kappa shape index (κ3) is 4.31. The van der Waals surface area contributed by atoms with Crippen molar-refractivity contribution in [3.8, 4) is 0 Å². The van der Waals surface area contributed by atoms with E-state index in [1.165, 1.54) is 24.8 Å². The number of amides is 1. The van der Waals surface area contributed by atoms with E-state index in [0.29, 0.717) is 12.8 Å². The maximum atomic E-state index is 12.6. The second-order valence-electron chi connectivity index (χ2n) is 6.06. The fourth-order valence-electron chi connectivity index (χ4n) is 2.93. The van der Waals surface area contributed by atoms with Gasteiger partial charge < -0.3 is 15.4 Å². The number of ether oxygens (including phenoxy) is 1. The molecule has 22 heavy (non-hydrogen) atoms. The lowest BCUT2D eigenvalue weighted by Crippen LogP contribution is -2.51. The molecular weight excluding hydrogens is 276 g/mol. The smallest absolute Gasteiger partial charge is 0.256 e. The Labute approximate surface area is 133 Å². The van der Waals surface area contributed by atoms with Gasteiger partial charge in [-0.25, -0.2) is 0 Å². The van der Waals surface area contributed by atoms with E-state index in [0.717, 1.165) is 25.2 Å². The highest BCUT2D eigenvalue weighted by Crippen LogP contribution is 2.24. The Morgan fingerprint density at radius 2 is 1.91 bits per heavy atom. The van der Waals surface area contributed by atoms with E-state index in [1.807, 2.05) is 12.1 Å². The molecule has 1 aliphatic heterocycles. The summed E-state index contributed by atoms with van der Waals surface area (Å²) < 4.78 is 5.55. The molecule has 2 N–H and O–H groups in total. The average Bonchev–Trinajstić information content (AvgIpc) is 2.57. The number of carbonyl (C=O) groups is 1. The Bertz CT molecular complexity index is 464. The van der Waals surface area contributed by atoms with Crippen molar-refractivity contribution < 1.29 is 9.53 Å². The third-order valence-corrected chi connectivity index (χ3v) is 4.50. The summed E-state index contributed by atoms with van der Waals surface area (Å²) in [4.78, 5) is 12.6. The molecule has 122 valence electrons. The number of anilines is 1. The first-order valence-corrected chi connectivity index (χ1v) is 8.36. The van der Waals surface area contributed by atoms with Crippen LogP contribution in [-0.2, 0) is 16.0 Å². The van der Waals surface area contributed by atoms with Crippen LogP contribution in [0.2, 0.25) is 0 Å². The molecule has 1 aromatic carbocycles. The number of hydrogen-bond acceptors (Lipinski definition) is 3. The van der Waals surface area contributed by atoms with Gasteiger partial charge in [0.2, 0.25) is 0 Å². The zero-order chi connectivity index (χ0) is 15.8. The lowest BCUT2D eigenvalue weighted by Gasteiger charge is -2.34. The molecule has 0 aromatic heterocycles. The van der Waals surface area contributed by atoms with Gasteiger partial charge in [-0.1, -0.05) is 31.9 Å². The molecule has 0 unspecified atom stereocenters. The van der Waals surface area contributed by atoms with Crippen LogP contribution in [0.1, 0.15) is 44.6 Å². The quantitative estimate of drug-likeness (QED) is 0.761. The minimum absolute atomic E-state index is 0.0322. The molecule has 0 saturated carbocycles. The zero-order valence-corrected chi connectivity index (χ0v) is 13.8.